The summed E-state index contributed by atoms with van der Waals surface area (Å²) in [5.41, 5.74) is 3.63. The second-order valence-electron chi connectivity index (χ2n) is 11.9. The zero-order chi connectivity index (χ0) is 22.6. The average molecular weight is 441 g/mol. The fourth-order valence-electron chi connectivity index (χ4n) is 6.52. The van der Waals surface area contributed by atoms with Gasteiger partial charge in [0.1, 0.15) is 12.4 Å². The zero-order valence-corrected chi connectivity index (χ0v) is 21.2. The number of aliphatic hydroxyl groups excluding tert-OH is 1. The minimum Gasteiger partial charge on any atom is -0.507 e. The molecule has 2 fully saturated rings. The van der Waals surface area contributed by atoms with Gasteiger partial charge in [0, 0.05) is 0 Å². The molecule has 0 heterocycles. The Bertz CT molecular complexity index is 904. The van der Waals surface area contributed by atoms with Crippen LogP contribution in [0.15, 0.2) is 12.1 Å². The lowest BCUT2D eigenvalue weighted by Crippen LogP contribution is -2.50. The predicted molar refractivity (Wildman–Crippen MR) is 129 cm³/mol. The van der Waals surface area contributed by atoms with E-state index in [1.165, 1.54) is 43.2 Å². The normalized spacial score (nSPS) is 32.5. The van der Waals surface area contributed by atoms with Crippen LogP contribution in [0.2, 0.25) is 18.1 Å². The SMILES string of the molecule is CC(C)(C)[Si](C)(C)O[C@H]1CC[C@H]2[C@@H]3CCc4cc(O)c(C#CCO)cc4[C@H]3CC[C@]12C. The minimum absolute atomic E-state index is 0.182. The van der Waals surface area contributed by atoms with Crippen molar-refractivity contribution in [2.45, 2.75) is 96.4 Å². The number of phenolic OH excluding ortho intramolecular Hbond substituents is 1. The van der Waals surface area contributed by atoms with Crippen molar-refractivity contribution in [3.8, 4) is 17.6 Å². The van der Waals surface area contributed by atoms with Crippen LogP contribution in [0, 0.1) is 29.1 Å². The van der Waals surface area contributed by atoms with E-state index < -0.39 is 8.32 Å². The minimum atomic E-state index is -1.78. The van der Waals surface area contributed by atoms with E-state index in [1.54, 1.807) is 0 Å². The van der Waals surface area contributed by atoms with E-state index in [9.17, 15) is 5.11 Å². The molecule has 1 aromatic carbocycles. The van der Waals surface area contributed by atoms with Gasteiger partial charge in [0.15, 0.2) is 8.32 Å². The number of benzene rings is 1. The maximum absolute atomic E-state index is 10.4. The molecule has 2 saturated carbocycles. The maximum Gasteiger partial charge on any atom is 0.192 e. The number of hydrogen-bond donors (Lipinski definition) is 2. The van der Waals surface area contributed by atoms with Gasteiger partial charge < -0.3 is 14.6 Å². The molecule has 2 N–H and O–H groups in total. The molecule has 3 aliphatic rings. The van der Waals surface area contributed by atoms with Gasteiger partial charge >= 0.3 is 0 Å². The molecule has 1 aromatic rings. The van der Waals surface area contributed by atoms with E-state index >= 15 is 0 Å². The lowest BCUT2D eigenvalue weighted by molar-refractivity contribution is -0.0165. The lowest BCUT2D eigenvalue weighted by atomic mass is 9.55. The second kappa shape index (κ2) is 7.94. The van der Waals surface area contributed by atoms with Crippen LogP contribution in [0.5, 0.6) is 5.75 Å². The Kier molecular flexibility index (Phi) is 5.86. The fourth-order valence-corrected chi connectivity index (χ4v) is 7.97. The van der Waals surface area contributed by atoms with Crippen LogP contribution < -0.4 is 0 Å². The molecule has 4 heteroatoms. The van der Waals surface area contributed by atoms with Crippen molar-refractivity contribution in [1.82, 2.24) is 0 Å². The summed E-state index contributed by atoms with van der Waals surface area (Å²) in [5, 5.41) is 19.7. The van der Waals surface area contributed by atoms with Gasteiger partial charge in [-0.25, -0.2) is 0 Å². The highest BCUT2D eigenvalue weighted by Crippen LogP contribution is 2.62. The molecular formula is C27H40O3Si. The topological polar surface area (TPSA) is 49.7 Å². The summed E-state index contributed by atoms with van der Waals surface area (Å²) in [6, 6.07) is 4.05. The van der Waals surface area contributed by atoms with Crippen LogP contribution in [0.1, 0.15) is 82.4 Å². The number of aromatic hydroxyl groups is 1. The third-order valence-corrected chi connectivity index (χ3v) is 13.8. The molecule has 5 atom stereocenters. The van der Waals surface area contributed by atoms with E-state index in [0.29, 0.717) is 23.5 Å². The van der Waals surface area contributed by atoms with Gasteiger partial charge in [-0.05, 0) is 103 Å². The Hall–Kier alpha value is -1.28. The smallest absolute Gasteiger partial charge is 0.192 e. The highest BCUT2D eigenvalue weighted by molar-refractivity contribution is 6.74. The lowest BCUT2D eigenvalue weighted by Gasteiger charge is -2.52. The van der Waals surface area contributed by atoms with Crippen LogP contribution in [0.25, 0.3) is 0 Å². The quantitative estimate of drug-likeness (QED) is 0.439. The number of fused-ring (bicyclic) bond motifs is 5. The number of aliphatic hydroxyl groups is 1. The van der Waals surface area contributed by atoms with E-state index in [4.69, 9.17) is 9.53 Å². The molecule has 0 bridgehead atoms. The van der Waals surface area contributed by atoms with E-state index in [-0.39, 0.29) is 22.8 Å². The van der Waals surface area contributed by atoms with Crippen molar-refractivity contribution in [1.29, 1.82) is 0 Å². The van der Waals surface area contributed by atoms with Crippen molar-refractivity contribution in [2.75, 3.05) is 6.61 Å². The molecule has 0 spiro atoms. The molecule has 170 valence electrons. The average Bonchev–Trinajstić information content (AvgIpc) is 3.01. The zero-order valence-electron chi connectivity index (χ0n) is 20.2. The molecule has 0 saturated heterocycles. The molecule has 0 unspecified atom stereocenters. The first-order valence-corrected chi connectivity index (χ1v) is 15.0. The Balaban J connectivity index is 1.60. The van der Waals surface area contributed by atoms with Crippen LogP contribution in [-0.4, -0.2) is 31.2 Å². The highest BCUT2D eigenvalue weighted by Gasteiger charge is 2.57. The van der Waals surface area contributed by atoms with Gasteiger partial charge in [0.05, 0.1) is 11.7 Å². The first-order chi connectivity index (χ1) is 14.5. The number of hydrogen-bond acceptors (Lipinski definition) is 3. The van der Waals surface area contributed by atoms with Crippen molar-refractivity contribution in [3.63, 3.8) is 0 Å². The van der Waals surface area contributed by atoms with Crippen LogP contribution in [0.3, 0.4) is 0 Å². The van der Waals surface area contributed by atoms with Crippen molar-refractivity contribution < 1.29 is 14.6 Å². The second-order valence-corrected chi connectivity index (χ2v) is 16.7. The molecule has 0 aliphatic heterocycles. The van der Waals surface area contributed by atoms with Crippen molar-refractivity contribution in [2.24, 2.45) is 17.3 Å². The fraction of sp³-hybridized carbons (Fsp3) is 0.704. The molecule has 3 nitrogen and oxygen atoms in total. The summed E-state index contributed by atoms with van der Waals surface area (Å²) in [6.45, 7) is 14.2. The van der Waals surface area contributed by atoms with Gasteiger partial charge in [0.2, 0.25) is 0 Å². The first-order valence-electron chi connectivity index (χ1n) is 12.1. The Morgan fingerprint density at radius 3 is 2.58 bits per heavy atom. The molecule has 4 rings (SSSR count). The highest BCUT2D eigenvalue weighted by atomic mass is 28.4. The van der Waals surface area contributed by atoms with Crippen molar-refractivity contribution in [3.05, 3.63) is 28.8 Å². The Labute approximate surface area is 189 Å². The number of phenols is 1. The van der Waals surface area contributed by atoms with Gasteiger partial charge in [-0.1, -0.05) is 39.5 Å². The summed E-state index contributed by atoms with van der Waals surface area (Å²) in [6.07, 6.45) is 7.54. The Morgan fingerprint density at radius 1 is 1.16 bits per heavy atom. The number of rotatable bonds is 2. The van der Waals surface area contributed by atoms with Crippen molar-refractivity contribution >= 4 is 8.32 Å². The van der Waals surface area contributed by atoms with Crippen LogP contribution in [-0.2, 0) is 10.8 Å². The summed E-state index contributed by atoms with van der Waals surface area (Å²) >= 11 is 0. The van der Waals surface area contributed by atoms with Crippen LogP contribution >= 0.6 is 0 Å². The van der Waals surface area contributed by atoms with E-state index in [2.05, 4.69) is 58.7 Å². The van der Waals surface area contributed by atoms with Gasteiger partial charge in [-0.3, -0.25) is 0 Å². The van der Waals surface area contributed by atoms with Crippen LogP contribution in [0.4, 0.5) is 0 Å². The Morgan fingerprint density at radius 2 is 1.90 bits per heavy atom. The standard InChI is InChI=1S/C27H40O3Si/c1-26(2,3)31(5,6)30-25-12-11-23-21-10-9-18-17-24(29)19(8-7-15-28)16-22(18)20(21)13-14-27(23,25)4/h16-17,20-21,23,25,28-29H,9-15H2,1-6H3/t20-,21+,23-,25-,27-/m0/s1. The van der Waals surface area contributed by atoms with Gasteiger partial charge in [-0.2, -0.15) is 0 Å². The molecule has 0 aromatic heterocycles. The molecule has 0 radical (unpaired) electrons. The first kappa shape index (κ1) is 22.9. The van der Waals surface area contributed by atoms with Gasteiger partial charge in [0.25, 0.3) is 0 Å². The summed E-state index contributed by atoms with van der Waals surface area (Å²) in [4.78, 5) is 0. The summed E-state index contributed by atoms with van der Waals surface area (Å²) in [7, 11) is -1.78. The largest absolute Gasteiger partial charge is 0.507 e. The monoisotopic (exact) mass is 440 g/mol. The number of aryl methyl sites for hydroxylation is 1. The molecule has 31 heavy (non-hydrogen) atoms. The van der Waals surface area contributed by atoms with E-state index in [0.717, 1.165) is 12.3 Å². The maximum atomic E-state index is 10.4. The van der Waals surface area contributed by atoms with E-state index in [1.807, 2.05) is 6.07 Å². The third kappa shape index (κ3) is 3.88. The molecule has 3 aliphatic carbocycles. The molecular weight excluding hydrogens is 400 g/mol. The summed E-state index contributed by atoms with van der Waals surface area (Å²) in [5.74, 6) is 7.87. The predicted octanol–water partition coefficient (Wildman–Crippen LogP) is 5.98. The third-order valence-electron chi connectivity index (χ3n) is 9.30. The van der Waals surface area contributed by atoms with Gasteiger partial charge in [-0.15, -0.1) is 0 Å². The molecule has 0 amide bonds. The summed E-state index contributed by atoms with van der Waals surface area (Å²) < 4.78 is 7.03.